The Morgan fingerprint density at radius 2 is 1.45 bits per heavy atom. The summed E-state index contributed by atoms with van der Waals surface area (Å²) in [6.07, 6.45) is -3.07. The van der Waals surface area contributed by atoms with Gasteiger partial charge < -0.3 is 20.9 Å². The Labute approximate surface area is 69.2 Å². The molecule has 0 saturated carbocycles. The molecule has 6 nitrogen and oxygen atoms in total. The lowest BCUT2D eigenvalue weighted by atomic mass is 10.7. The number of ether oxygens (including phenoxy) is 2. The molecular formula is C4H9ClN2O4. The average Bonchev–Trinajstić information content (AvgIpc) is 1.58. The van der Waals surface area contributed by atoms with Crippen molar-refractivity contribution in [3.8, 4) is 0 Å². The molecule has 0 aliphatic rings. The van der Waals surface area contributed by atoms with Crippen molar-refractivity contribution in [1.29, 1.82) is 0 Å². The first-order valence-electron chi connectivity index (χ1n) is 2.44. The fourth-order valence-electron chi connectivity index (χ4n) is 0.351. The van der Waals surface area contributed by atoms with E-state index in [2.05, 4.69) is 20.9 Å². The molecule has 11 heavy (non-hydrogen) atoms. The van der Waals surface area contributed by atoms with E-state index in [4.69, 9.17) is 0 Å². The van der Waals surface area contributed by atoms with Crippen molar-refractivity contribution in [3.05, 3.63) is 0 Å². The molecule has 0 bridgehead atoms. The fraction of sp³-hybridized carbons (Fsp3) is 0.500. The minimum absolute atomic E-state index is 0. The highest BCUT2D eigenvalue weighted by Gasteiger charge is 2.07. The molecule has 0 atom stereocenters. The van der Waals surface area contributed by atoms with E-state index in [-0.39, 0.29) is 12.4 Å². The van der Waals surface area contributed by atoms with Crippen LogP contribution in [0.3, 0.4) is 0 Å². The van der Waals surface area contributed by atoms with Gasteiger partial charge in [-0.15, -0.1) is 12.4 Å². The van der Waals surface area contributed by atoms with Crippen LogP contribution in [0, 0.1) is 0 Å². The lowest BCUT2D eigenvalue weighted by Gasteiger charge is -2.09. The summed E-state index contributed by atoms with van der Waals surface area (Å²) in [7, 11) is 0. The molecule has 0 heterocycles. The normalized spacial score (nSPS) is 8.18. The van der Waals surface area contributed by atoms with Gasteiger partial charge >= 0.3 is 12.2 Å². The van der Waals surface area contributed by atoms with Crippen molar-refractivity contribution in [2.45, 2.75) is 13.2 Å². The molecule has 0 aromatic carbocycles. The number of hydrogen-bond donors (Lipinski definition) is 2. The van der Waals surface area contributed by atoms with Gasteiger partial charge in [-0.05, 0) is 0 Å². The zero-order chi connectivity index (χ0) is 8.15. The number of halogens is 1. The highest BCUT2D eigenvalue weighted by atomic mass is 35.5. The molecule has 66 valence electrons. The quantitative estimate of drug-likeness (QED) is 0.587. The van der Waals surface area contributed by atoms with Crippen LogP contribution in [0.5, 0.6) is 0 Å². The third-order valence-electron chi connectivity index (χ3n) is 0.564. The lowest BCUT2D eigenvalue weighted by Crippen LogP contribution is -2.27. The summed E-state index contributed by atoms with van der Waals surface area (Å²) in [5.41, 5.74) is 9.15. The maximum atomic E-state index is 9.96. The van der Waals surface area contributed by atoms with Crippen LogP contribution in [0.25, 0.3) is 0 Å². The van der Waals surface area contributed by atoms with E-state index in [1.807, 2.05) is 0 Å². The van der Waals surface area contributed by atoms with E-state index in [9.17, 15) is 9.59 Å². The van der Waals surface area contributed by atoms with Crippen molar-refractivity contribution >= 4 is 24.6 Å². The van der Waals surface area contributed by atoms with Crippen LogP contribution in [-0.2, 0) is 9.47 Å². The summed E-state index contributed by atoms with van der Waals surface area (Å²) < 4.78 is 8.35. The lowest BCUT2D eigenvalue weighted by molar-refractivity contribution is -0.0416. The Morgan fingerprint density at radius 3 is 1.64 bits per heavy atom. The molecule has 7 heteroatoms. The predicted molar refractivity (Wildman–Crippen MR) is 38.0 cm³/mol. The van der Waals surface area contributed by atoms with E-state index < -0.39 is 18.5 Å². The number of carbonyl (C=O) groups excluding carboxylic acids is 2. The summed E-state index contributed by atoms with van der Waals surface area (Å²) in [6, 6.07) is 0. The average molecular weight is 185 g/mol. The van der Waals surface area contributed by atoms with Gasteiger partial charge in [0.1, 0.15) is 0 Å². The van der Waals surface area contributed by atoms with Gasteiger partial charge in [0, 0.05) is 6.92 Å². The van der Waals surface area contributed by atoms with Gasteiger partial charge in [0.25, 0.3) is 0 Å². The monoisotopic (exact) mass is 184 g/mol. The fourth-order valence-corrected chi connectivity index (χ4v) is 0.351. The Kier molecular flexibility index (Phi) is 6.37. The molecule has 0 aromatic rings. The van der Waals surface area contributed by atoms with Gasteiger partial charge in [-0.2, -0.15) is 0 Å². The second-order valence-electron chi connectivity index (χ2n) is 1.44. The summed E-state index contributed by atoms with van der Waals surface area (Å²) in [4.78, 5) is 19.9. The number of hydrogen-bond acceptors (Lipinski definition) is 4. The third-order valence-corrected chi connectivity index (χ3v) is 0.564. The number of amides is 2. The Bertz CT molecular complexity index is 135. The van der Waals surface area contributed by atoms with Gasteiger partial charge in [-0.3, -0.25) is 0 Å². The van der Waals surface area contributed by atoms with Crippen molar-refractivity contribution in [2.75, 3.05) is 0 Å². The molecule has 4 N–H and O–H groups in total. The number of primary amides is 2. The van der Waals surface area contributed by atoms with E-state index in [1.165, 1.54) is 6.92 Å². The van der Waals surface area contributed by atoms with Gasteiger partial charge in [0.15, 0.2) is 0 Å². The summed E-state index contributed by atoms with van der Waals surface area (Å²) in [5, 5.41) is 0. The van der Waals surface area contributed by atoms with Gasteiger partial charge in [0.05, 0.1) is 0 Å². The van der Waals surface area contributed by atoms with E-state index in [1.54, 1.807) is 0 Å². The number of carbonyl (C=O) groups is 2. The minimum Gasteiger partial charge on any atom is -0.409 e. The zero-order valence-corrected chi connectivity index (χ0v) is 6.59. The number of rotatable bonds is 2. The smallest absolute Gasteiger partial charge is 0.407 e. The summed E-state index contributed by atoms with van der Waals surface area (Å²) in [6.45, 7) is 1.32. The highest BCUT2D eigenvalue weighted by Crippen LogP contribution is 1.91. The van der Waals surface area contributed by atoms with E-state index in [0.29, 0.717) is 0 Å². The van der Waals surface area contributed by atoms with Crippen LogP contribution in [0.4, 0.5) is 9.59 Å². The van der Waals surface area contributed by atoms with E-state index in [0.717, 1.165) is 0 Å². The molecule has 0 fully saturated rings. The Morgan fingerprint density at radius 1 is 1.18 bits per heavy atom. The first-order valence-corrected chi connectivity index (χ1v) is 2.44. The Hall–Kier alpha value is -1.17. The van der Waals surface area contributed by atoms with E-state index >= 15 is 0 Å². The summed E-state index contributed by atoms with van der Waals surface area (Å²) >= 11 is 0. The number of nitrogens with two attached hydrogens (primary N) is 2. The van der Waals surface area contributed by atoms with Crippen molar-refractivity contribution in [2.24, 2.45) is 11.5 Å². The minimum atomic E-state index is -1.03. The second-order valence-corrected chi connectivity index (χ2v) is 1.44. The van der Waals surface area contributed by atoms with Gasteiger partial charge in [-0.1, -0.05) is 0 Å². The molecule has 0 saturated heterocycles. The first kappa shape index (κ1) is 12.5. The van der Waals surface area contributed by atoms with Crippen LogP contribution < -0.4 is 11.5 Å². The van der Waals surface area contributed by atoms with Gasteiger partial charge in [0.2, 0.25) is 6.29 Å². The molecule has 0 aromatic heterocycles. The molecule has 0 aliphatic carbocycles. The zero-order valence-electron chi connectivity index (χ0n) is 5.77. The molecule has 0 unspecified atom stereocenters. The molecule has 0 rings (SSSR count). The van der Waals surface area contributed by atoms with Crippen LogP contribution in [0.1, 0.15) is 6.92 Å². The van der Waals surface area contributed by atoms with Crippen molar-refractivity contribution in [3.63, 3.8) is 0 Å². The highest BCUT2D eigenvalue weighted by molar-refractivity contribution is 5.85. The Balaban J connectivity index is 0. The summed E-state index contributed by atoms with van der Waals surface area (Å²) in [5.74, 6) is 0. The SMILES string of the molecule is CC(OC(N)=O)OC(N)=O.Cl. The van der Waals surface area contributed by atoms with Gasteiger partial charge in [-0.25, -0.2) is 9.59 Å². The van der Waals surface area contributed by atoms with Crippen molar-refractivity contribution < 1.29 is 19.1 Å². The molecule has 0 aliphatic heterocycles. The molecular weight excluding hydrogens is 176 g/mol. The van der Waals surface area contributed by atoms with Crippen LogP contribution in [0.15, 0.2) is 0 Å². The van der Waals surface area contributed by atoms with Crippen LogP contribution >= 0.6 is 12.4 Å². The second kappa shape index (κ2) is 5.60. The van der Waals surface area contributed by atoms with Crippen LogP contribution in [0.2, 0.25) is 0 Å². The van der Waals surface area contributed by atoms with Crippen molar-refractivity contribution in [1.82, 2.24) is 0 Å². The topological polar surface area (TPSA) is 105 Å². The third kappa shape index (κ3) is 8.83. The standard InChI is InChI=1S/C4H8N2O4.ClH/c1-2(9-3(5)7)10-4(6)8;/h2H,1H3,(H2,5,7)(H2,6,8);1H. The maximum absolute atomic E-state index is 9.96. The first-order chi connectivity index (χ1) is 4.52. The maximum Gasteiger partial charge on any atom is 0.407 e. The molecule has 0 spiro atoms. The molecule has 0 radical (unpaired) electrons. The predicted octanol–water partition coefficient (Wildman–Crippen LogP) is -0.0552. The largest absolute Gasteiger partial charge is 0.409 e. The molecule has 2 amide bonds. The van der Waals surface area contributed by atoms with Crippen LogP contribution in [-0.4, -0.2) is 18.5 Å².